The lowest BCUT2D eigenvalue weighted by atomic mass is 10.1. The van der Waals surface area contributed by atoms with Crippen molar-refractivity contribution in [1.29, 1.82) is 0 Å². The van der Waals surface area contributed by atoms with Crippen LogP contribution in [-0.2, 0) is 24.3 Å². The van der Waals surface area contributed by atoms with Crippen molar-refractivity contribution in [2.45, 2.75) is 19.5 Å². The van der Waals surface area contributed by atoms with Crippen LogP contribution < -0.4 is 4.74 Å². The smallest absolute Gasteiger partial charge is 0.227 e. The molecule has 0 atom stereocenters. The molecule has 7 nitrogen and oxygen atoms in total. The van der Waals surface area contributed by atoms with Gasteiger partial charge in [0.05, 0.1) is 50.4 Å². The number of amides is 1. The molecule has 0 aliphatic rings. The number of imidazole rings is 2. The first-order valence-electron chi connectivity index (χ1n) is 10.4. The second-order valence-electron chi connectivity index (χ2n) is 7.63. The fourth-order valence-electron chi connectivity index (χ4n) is 3.86. The molecular formula is C25H23N5O2. The highest BCUT2D eigenvalue weighted by Crippen LogP contribution is 2.17. The van der Waals surface area contributed by atoms with E-state index >= 15 is 0 Å². The zero-order valence-electron chi connectivity index (χ0n) is 17.8. The Balaban J connectivity index is 1.45. The molecule has 1 amide bonds. The number of rotatable bonds is 7. The van der Waals surface area contributed by atoms with Gasteiger partial charge in [-0.2, -0.15) is 0 Å². The molecule has 0 radical (unpaired) electrons. The number of fused-ring (bicyclic) bond motifs is 2. The molecule has 7 heteroatoms. The predicted molar refractivity (Wildman–Crippen MR) is 121 cm³/mol. The van der Waals surface area contributed by atoms with E-state index in [1.165, 1.54) is 0 Å². The largest absolute Gasteiger partial charge is 0.497 e. The quantitative estimate of drug-likeness (QED) is 0.398. The maximum Gasteiger partial charge on any atom is 0.227 e. The molecule has 5 aromatic rings. The standard InChI is InChI=1S/C25H23N5O2/c1-32-22-10-8-19(9-11-22)14-25(31)28(17-20-15-26-23-6-2-4-12-29(20)23)18-21-16-27-24-7-3-5-13-30(21)24/h2-13,15-16H,14,17-18H2,1H3. The van der Waals surface area contributed by atoms with Crippen LogP contribution in [0, 0.1) is 0 Å². The molecular weight excluding hydrogens is 402 g/mol. The van der Waals surface area contributed by atoms with Crippen molar-refractivity contribution in [3.8, 4) is 5.75 Å². The molecule has 0 saturated heterocycles. The van der Waals surface area contributed by atoms with Crippen molar-refractivity contribution in [3.63, 3.8) is 0 Å². The number of hydrogen-bond donors (Lipinski definition) is 0. The molecule has 4 heterocycles. The van der Waals surface area contributed by atoms with E-state index in [-0.39, 0.29) is 5.91 Å². The van der Waals surface area contributed by atoms with E-state index < -0.39 is 0 Å². The van der Waals surface area contributed by atoms with Gasteiger partial charge in [0.1, 0.15) is 17.0 Å². The maximum absolute atomic E-state index is 13.4. The van der Waals surface area contributed by atoms with Gasteiger partial charge in [-0.15, -0.1) is 0 Å². The lowest BCUT2D eigenvalue weighted by Gasteiger charge is -2.22. The van der Waals surface area contributed by atoms with E-state index in [2.05, 4.69) is 9.97 Å². The zero-order valence-corrected chi connectivity index (χ0v) is 17.8. The number of benzene rings is 1. The number of ether oxygens (including phenoxy) is 1. The van der Waals surface area contributed by atoms with Gasteiger partial charge < -0.3 is 18.4 Å². The third-order valence-electron chi connectivity index (χ3n) is 5.56. The molecule has 0 unspecified atom stereocenters. The molecule has 0 spiro atoms. The van der Waals surface area contributed by atoms with Gasteiger partial charge in [0.15, 0.2) is 0 Å². The summed E-state index contributed by atoms with van der Waals surface area (Å²) in [5, 5.41) is 0. The number of hydrogen-bond acceptors (Lipinski definition) is 4. The van der Waals surface area contributed by atoms with Crippen LogP contribution in [0.3, 0.4) is 0 Å². The summed E-state index contributed by atoms with van der Waals surface area (Å²) in [7, 11) is 1.63. The van der Waals surface area contributed by atoms with Gasteiger partial charge in [0.25, 0.3) is 0 Å². The molecule has 0 aliphatic carbocycles. The Morgan fingerprint density at radius 2 is 1.41 bits per heavy atom. The molecule has 0 fully saturated rings. The predicted octanol–water partition coefficient (Wildman–Crippen LogP) is 3.76. The Hall–Kier alpha value is -4.13. The molecule has 5 rings (SSSR count). The SMILES string of the molecule is COc1ccc(CC(=O)N(Cc2cnc3ccccn23)Cc2cnc3ccccn23)cc1. The Morgan fingerprint density at radius 3 is 1.94 bits per heavy atom. The molecule has 0 bridgehead atoms. The molecule has 32 heavy (non-hydrogen) atoms. The van der Waals surface area contributed by atoms with Gasteiger partial charge in [-0.1, -0.05) is 24.3 Å². The van der Waals surface area contributed by atoms with Crippen LogP contribution in [0.5, 0.6) is 5.75 Å². The highest BCUT2D eigenvalue weighted by molar-refractivity contribution is 5.78. The lowest BCUT2D eigenvalue weighted by molar-refractivity contribution is -0.131. The van der Waals surface area contributed by atoms with Crippen molar-refractivity contribution < 1.29 is 9.53 Å². The van der Waals surface area contributed by atoms with Crippen LogP contribution in [-0.4, -0.2) is 36.7 Å². The third kappa shape index (κ3) is 3.92. The second-order valence-corrected chi connectivity index (χ2v) is 7.63. The number of carbonyl (C=O) groups excluding carboxylic acids is 1. The van der Waals surface area contributed by atoms with Crippen molar-refractivity contribution in [2.75, 3.05) is 7.11 Å². The molecule has 160 valence electrons. The van der Waals surface area contributed by atoms with E-state index in [0.29, 0.717) is 19.5 Å². The second kappa shape index (κ2) is 8.55. The summed E-state index contributed by atoms with van der Waals surface area (Å²) in [4.78, 5) is 24.2. The summed E-state index contributed by atoms with van der Waals surface area (Å²) in [5.74, 6) is 0.807. The monoisotopic (exact) mass is 425 g/mol. The van der Waals surface area contributed by atoms with Crippen LogP contribution in [0.15, 0.2) is 85.5 Å². The highest BCUT2D eigenvalue weighted by atomic mass is 16.5. The van der Waals surface area contributed by atoms with Gasteiger partial charge in [0, 0.05) is 12.4 Å². The minimum absolute atomic E-state index is 0.0342. The summed E-state index contributed by atoms with van der Waals surface area (Å²) >= 11 is 0. The minimum Gasteiger partial charge on any atom is -0.497 e. The average molecular weight is 425 g/mol. The van der Waals surface area contributed by atoms with Crippen LogP contribution >= 0.6 is 0 Å². The van der Waals surface area contributed by atoms with E-state index in [9.17, 15) is 4.79 Å². The average Bonchev–Trinajstić information content (AvgIpc) is 3.43. The first-order chi connectivity index (χ1) is 15.7. The number of methoxy groups -OCH3 is 1. The first-order valence-corrected chi connectivity index (χ1v) is 10.4. The van der Waals surface area contributed by atoms with E-state index in [1.807, 2.05) is 99.2 Å². The van der Waals surface area contributed by atoms with Crippen LogP contribution in [0.1, 0.15) is 17.0 Å². The van der Waals surface area contributed by atoms with Crippen LogP contribution in [0.4, 0.5) is 0 Å². The molecule has 1 aromatic carbocycles. The van der Waals surface area contributed by atoms with E-state index in [1.54, 1.807) is 7.11 Å². The van der Waals surface area contributed by atoms with Crippen molar-refractivity contribution in [3.05, 3.63) is 102 Å². The van der Waals surface area contributed by atoms with Gasteiger partial charge >= 0.3 is 0 Å². The summed E-state index contributed by atoms with van der Waals surface area (Å²) in [6.45, 7) is 0.889. The normalized spacial score (nSPS) is 11.2. The molecule has 0 N–H and O–H groups in total. The maximum atomic E-state index is 13.4. The van der Waals surface area contributed by atoms with Crippen molar-refractivity contribution in [1.82, 2.24) is 23.7 Å². The Morgan fingerprint density at radius 1 is 0.844 bits per heavy atom. The lowest BCUT2D eigenvalue weighted by Crippen LogP contribution is -2.32. The molecule has 0 aliphatic heterocycles. The summed E-state index contributed by atoms with van der Waals surface area (Å²) < 4.78 is 9.26. The highest BCUT2D eigenvalue weighted by Gasteiger charge is 2.19. The topological polar surface area (TPSA) is 64.1 Å². The number of carbonyl (C=O) groups is 1. The summed E-state index contributed by atoms with van der Waals surface area (Å²) in [6.07, 6.45) is 7.91. The molecule has 0 saturated carbocycles. The Bertz CT molecular complexity index is 1290. The number of nitrogens with zero attached hydrogens (tertiary/aromatic N) is 5. The fraction of sp³-hybridized carbons (Fsp3) is 0.160. The van der Waals surface area contributed by atoms with Crippen molar-refractivity contribution in [2.24, 2.45) is 0 Å². The van der Waals surface area contributed by atoms with E-state index in [0.717, 1.165) is 34.0 Å². The zero-order chi connectivity index (χ0) is 21.9. The Labute approximate surface area is 185 Å². The van der Waals surface area contributed by atoms with E-state index in [4.69, 9.17) is 4.74 Å². The van der Waals surface area contributed by atoms with Gasteiger partial charge in [-0.25, -0.2) is 9.97 Å². The summed E-state index contributed by atoms with van der Waals surface area (Å²) in [6, 6.07) is 19.4. The Kier molecular flexibility index (Phi) is 5.29. The minimum atomic E-state index is 0.0342. The summed E-state index contributed by atoms with van der Waals surface area (Å²) in [5.41, 5.74) is 4.58. The first kappa shape index (κ1) is 19.8. The third-order valence-corrected chi connectivity index (χ3v) is 5.56. The van der Waals surface area contributed by atoms with Crippen molar-refractivity contribution >= 4 is 17.2 Å². The van der Waals surface area contributed by atoms with Crippen LogP contribution in [0.25, 0.3) is 11.3 Å². The van der Waals surface area contributed by atoms with Gasteiger partial charge in [-0.05, 0) is 42.0 Å². The van der Waals surface area contributed by atoms with Crippen LogP contribution in [0.2, 0.25) is 0 Å². The molecule has 4 aromatic heterocycles. The van der Waals surface area contributed by atoms with Gasteiger partial charge in [-0.3, -0.25) is 4.79 Å². The number of aromatic nitrogens is 4. The fourth-order valence-corrected chi connectivity index (χ4v) is 3.86. The number of pyridine rings is 2. The van der Waals surface area contributed by atoms with Gasteiger partial charge in [0.2, 0.25) is 5.91 Å².